The smallest absolute Gasteiger partial charge is 0.0251 e. The van der Waals surface area contributed by atoms with Crippen LogP contribution in [0.25, 0.3) is 0 Å². The van der Waals surface area contributed by atoms with E-state index >= 15 is 0 Å². The van der Waals surface area contributed by atoms with Crippen molar-refractivity contribution in [2.75, 3.05) is 12.3 Å². The first-order valence-corrected chi connectivity index (χ1v) is 9.68. The molecule has 0 saturated heterocycles. The van der Waals surface area contributed by atoms with Gasteiger partial charge in [-0.25, -0.2) is 0 Å². The Hall–Kier alpha value is 1.69. The summed E-state index contributed by atoms with van der Waals surface area (Å²) in [5.41, 5.74) is 2.76. The first kappa shape index (κ1) is 32.4. The SMILES string of the molecule is CCCCP(O)CCCC.Cc1ccc(C(C)C)cc1.I.I.[Ru]. The van der Waals surface area contributed by atoms with Crippen molar-refractivity contribution in [1.82, 2.24) is 0 Å². The summed E-state index contributed by atoms with van der Waals surface area (Å²) in [6.45, 7) is 10.9. The van der Waals surface area contributed by atoms with Gasteiger partial charge in [0.05, 0.1) is 0 Å². The third-order valence-corrected chi connectivity index (χ3v) is 4.95. The third kappa shape index (κ3) is 19.9. The molecule has 1 nitrogen and oxygen atoms in total. The van der Waals surface area contributed by atoms with E-state index in [1.54, 1.807) is 0 Å². The molecule has 140 valence electrons. The van der Waals surface area contributed by atoms with E-state index in [4.69, 9.17) is 0 Å². The van der Waals surface area contributed by atoms with Crippen molar-refractivity contribution in [3.63, 3.8) is 0 Å². The number of rotatable bonds is 7. The number of hydrogen-bond acceptors (Lipinski definition) is 1. The van der Waals surface area contributed by atoms with E-state index in [1.165, 1.54) is 36.8 Å². The molecule has 23 heavy (non-hydrogen) atoms. The molecular weight excluding hydrogens is 618 g/mol. The fraction of sp³-hybridized carbons (Fsp3) is 0.667. The quantitative estimate of drug-likeness (QED) is 0.186. The number of halogens is 2. The molecule has 0 radical (unpaired) electrons. The van der Waals surface area contributed by atoms with Gasteiger partial charge in [0.2, 0.25) is 0 Å². The van der Waals surface area contributed by atoms with E-state index in [1.807, 2.05) is 0 Å². The minimum absolute atomic E-state index is 0. The van der Waals surface area contributed by atoms with Gasteiger partial charge in [0.25, 0.3) is 0 Å². The summed E-state index contributed by atoms with van der Waals surface area (Å²) in [5, 5.41) is 0. The van der Waals surface area contributed by atoms with Gasteiger partial charge < -0.3 is 4.89 Å². The summed E-state index contributed by atoms with van der Waals surface area (Å²) in [4.78, 5) is 9.38. The van der Waals surface area contributed by atoms with E-state index in [2.05, 4.69) is 58.9 Å². The van der Waals surface area contributed by atoms with Crippen LogP contribution < -0.4 is 0 Å². The maximum atomic E-state index is 9.38. The standard InChI is InChI=1S/C10H14.C8H19OP.2HI.Ru/c1-8(2)10-6-4-9(3)5-7-10;1-3-5-7-10(9)8-6-4-2;;;/h4-8H,1-3H3;9H,3-8H2,1-2H3;2*1H;. The van der Waals surface area contributed by atoms with Crippen LogP contribution in [0.4, 0.5) is 0 Å². The van der Waals surface area contributed by atoms with Crippen LogP contribution in [0.1, 0.15) is 70.4 Å². The third-order valence-electron chi connectivity index (χ3n) is 3.28. The van der Waals surface area contributed by atoms with Crippen LogP contribution in [0.15, 0.2) is 24.3 Å². The number of unbranched alkanes of at least 4 members (excludes halogenated alkanes) is 2. The Morgan fingerprint density at radius 3 is 1.61 bits per heavy atom. The zero-order valence-electron chi connectivity index (χ0n) is 15.2. The average molecular weight is 653 g/mol. The van der Waals surface area contributed by atoms with Gasteiger partial charge in [-0.2, -0.15) is 0 Å². The fourth-order valence-corrected chi connectivity index (χ4v) is 3.33. The van der Waals surface area contributed by atoms with Gasteiger partial charge in [-0.05, 0) is 43.6 Å². The molecule has 0 unspecified atom stereocenters. The minimum Gasteiger partial charge on any atom is -0.374 e. The molecule has 0 spiro atoms. The first-order valence-electron chi connectivity index (χ1n) is 8.01. The molecule has 1 rings (SSSR count). The average Bonchev–Trinajstić information content (AvgIpc) is 2.44. The Morgan fingerprint density at radius 2 is 1.30 bits per heavy atom. The van der Waals surface area contributed by atoms with Gasteiger partial charge in [-0.15, -0.1) is 48.0 Å². The Labute approximate surface area is 192 Å². The first-order chi connectivity index (χ1) is 9.51. The normalized spacial score (nSPS) is 9.22. The number of hydrogen-bond donors (Lipinski definition) is 1. The van der Waals surface area contributed by atoms with Crippen LogP contribution in [0.2, 0.25) is 0 Å². The second kappa shape index (κ2) is 21.7. The van der Waals surface area contributed by atoms with Crippen molar-refractivity contribution in [2.24, 2.45) is 0 Å². The van der Waals surface area contributed by atoms with Crippen LogP contribution in [0.5, 0.6) is 0 Å². The van der Waals surface area contributed by atoms with Gasteiger partial charge in [0, 0.05) is 27.6 Å². The minimum atomic E-state index is -0.592. The molecule has 0 atom stereocenters. The molecule has 0 amide bonds. The number of aryl methyl sites for hydroxylation is 1. The Bertz CT molecular complexity index is 326. The van der Waals surface area contributed by atoms with Crippen LogP contribution in [-0.2, 0) is 19.5 Å². The summed E-state index contributed by atoms with van der Waals surface area (Å²) in [6, 6.07) is 8.71. The summed E-state index contributed by atoms with van der Waals surface area (Å²) in [6.07, 6.45) is 6.95. The van der Waals surface area contributed by atoms with Crippen LogP contribution in [0, 0.1) is 6.92 Å². The van der Waals surface area contributed by atoms with Crippen LogP contribution in [-0.4, -0.2) is 17.2 Å². The second-order valence-corrected chi connectivity index (χ2v) is 7.63. The van der Waals surface area contributed by atoms with Gasteiger partial charge in [0.15, 0.2) is 0 Å². The van der Waals surface area contributed by atoms with E-state index in [0.717, 1.165) is 12.3 Å². The molecule has 1 N–H and O–H groups in total. The van der Waals surface area contributed by atoms with E-state index in [-0.39, 0.29) is 67.4 Å². The van der Waals surface area contributed by atoms with Gasteiger partial charge in [-0.3, -0.25) is 0 Å². The molecule has 0 heterocycles. The van der Waals surface area contributed by atoms with Crippen molar-refractivity contribution in [2.45, 2.75) is 66.2 Å². The Kier molecular flexibility index (Phi) is 30.6. The molecule has 0 aromatic heterocycles. The van der Waals surface area contributed by atoms with Crippen molar-refractivity contribution in [3.05, 3.63) is 35.4 Å². The van der Waals surface area contributed by atoms with Crippen molar-refractivity contribution >= 4 is 56.1 Å². The van der Waals surface area contributed by atoms with Gasteiger partial charge in [0.1, 0.15) is 0 Å². The molecular formula is C18H35I2OPRu. The Balaban J connectivity index is -0.000000139. The second-order valence-electron chi connectivity index (χ2n) is 5.73. The van der Waals surface area contributed by atoms with Crippen molar-refractivity contribution < 1.29 is 24.4 Å². The summed E-state index contributed by atoms with van der Waals surface area (Å²) >= 11 is 0. The monoisotopic (exact) mass is 654 g/mol. The van der Waals surface area contributed by atoms with Crippen LogP contribution in [0.3, 0.4) is 0 Å². The molecule has 0 aliphatic rings. The van der Waals surface area contributed by atoms with Crippen LogP contribution >= 0.6 is 56.1 Å². The van der Waals surface area contributed by atoms with E-state index in [0.29, 0.717) is 5.92 Å². The molecule has 0 aliphatic carbocycles. The Morgan fingerprint density at radius 1 is 0.913 bits per heavy atom. The topological polar surface area (TPSA) is 20.2 Å². The largest absolute Gasteiger partial charge is 0.374 e. The predicted octanol–water partition coefficient (Wildman–Crippen LogP) is 7.33. The maximum Gasteiger partial charge on any atom is 0.0251 e. The number of benzene rings is 1. The zero-order chi connectivity index (χ0) is 15.4. The van der Waals surface area contributed by atoms with Gasteiger partial charge >= 0.3 is 0 Å². The van der Waals surface area contributed by atoms with Crippen molar-refractivity contribution in [3.8, 4) is 0 Å². The summed E-state index contributed by atoms with van der Waals surface area (Å²) < 4.78 is 0. The molecule has 0 fully saturated rings. The van der Waals surface area contributed by atoms with Gasteiger partial charge in [-0.1, -0.05) is 70.4 Å². The predicted molar refractivity (Wildman–Crippen MR) is 125 cm³/mol. The molecule has 0 saturated carbocycles. The molecule has 0 bridgehead atoms. The molecule has 1 aromatic rings. The molecule has 0 aliphatic heterocycles. The molecule has 5 heteroatoms. The summed E-state index contributed by atoms with van der Waals surface area (Å²) in [5.74, 6) is 0.653. The van der Waals surface area contributed by atoms with E-state index in [9.17, 15) is 4.89 Å². The van der Waals surface area contributed by atoms with E-state index < -0.39 is 8.15 Å². The summed E-state index contributed by atoms with van der Waals surface area (Å²) in [7, 11) is -0.592. The van der Waals surface area contributed by atoms with Crippen molar-refractivity contribution in [1.29, 1.82) is 0 Å². The fourth-order valence-electron chi connectivity index (χ4n) is 1.74. The molecule has 1 aromatic carbocycles. The maximum absolute atomic E-state index is 9.38. The zero-order valence-corrected chi connectivity index (χ0v) is 22.5.